The molecular formula is C21H20ClF3N4O. The van der Waals surface area contributed by atoms with Crippen LogP contribution in [0, 0.1) is 0 Å². The van der Waals surface area contributed by atoms with Crippen LogP contribution in [-0.2, 0) is 19.3 Å². The first-order valence-electron chi connectivity index (χ1n) is 9.57. The van der Waals surface area contributed by atoms with Gasteiger partial charge in [0.25, 0.3) is 5.56 Å². The number of hydrogen-bond donors (Lipinski definition) is 1. The Bertz CT molecular complexity index is 1110. The van der Waals surface area contributed by atoms with E-state index in [1.807, 2.05) is 0 Å². The number of nitrogens with one attached hydrogen (secondary N) is 1. The van der Waals surface area contributed by atoms with Gasteiger partial charge in [-0.2, -0.15) is 13.2 Å². The molecule has 0 amide bonds. The third-order valence-corrected chi connectivity index (χ3v) is 5.45. The van der Waals surface area contributed by atoms with Gasteiger partial charge in [-0.15, -0.1) is 0 Å². The quantitative estimate of drug-likeness (QED) is 0.673. The molecule has 0 aliphatic carbocycles. The van der Waals surface area contributed by atoms with Crippen molar-refractivity contribution in [2.24, 2.45) is 0 Å². The molecule has 3 aromatic rings. The molecule has 2 heterocycles. The topological polar surface area (TPSA) is 52.2 Å². The molecule has 1 aromatic heterocycles. The summed E-state index contributed by atoms with van der Waals surface area (Å²) in [6, 6.07) is 10.4. The van der Waals surface area contributed by atoms with Gasteiger partial charge < -0.3 is 4.98 Å². The first kappa shape index (κ1) is 20.8. The lowest BCUT2D eigenvalue weighted by molar-refractivity contribution is -0.137. The molecule has 1 aliphatic heterocycles. The second-order valence-electron chi connectivity index (χ2n) is 7.42. The number of fused-ring (bicyclic) bond motifs is 1. The number of rotatable bonds is 4. The van der Waals surface area contributed by atoms with Crippen molar-refractivity contribution in [3.63, 3.8) is 0 Å². The molecule has 9 heteroatoms. The highest BCUT2D eigenvalue weighted by atomic mass is 35.5. The van der Waals surface area contributed by atoms with Crippen molar-refractivity contribution in [1.82, 2.24) is 19.8 Å². The van der Waals surface area contributed by atoms with Crippen molar-refractivity contribution in [2.75, 3.05) is 26.2 Å². The van der Waals surface area contributed by atoms with E-state index in [0.717, 1.165) is 32.2 Å². The van der Waals surface area contributed by atoms with E-state index in [1.165, 1.54) is 12.1 Å². The van der Waals surface area contributed by atoms with Crippen molar-refractivity contribution in [3.8, 4) is 0 Å². The Hall–Kier alpha value is -2.42. The SMILES string of the molecule is O=c1[nH]c(CN2CCN(Cc3cccc(C(F)(F)F)c3)CC2)nc2cc(Cl)ccc12. The molecule has 0 saturated carbocycles. The van der Waals surface area contributed by atoms with E-state index < -0.39 is 11.7 Å². The van der Waals surface area contributed by atoms with Crippen LogP contribution in [0.1, 0.15) is 17.0 Å². The minimum absolute atomic E-state index is 0.199. The number of aromatic nitrogens is 2. The monoisotopic (exact) mass is 436 g/mol. The maximum atomic E-state index is 12.9. The summed E-state index contributed by atoms with van der Waals surface area (Å²) in [5, 5.41) is 1.02. The maximum absolute atomic E-state index is 12.9. The number of alkyl halides is 3. The van der Waals surface area contributed by atoms with E-state index in [1.54, 1.807) is 24.3 Å². The highest BCUT2D eigenvalue weighted by Gasteiger charge is 2.30. The maximum Gasteiger partial charge on any atom is 0.416 e. The van der Waals surface area contributed by atoms with Crippen LogP contribution in [0.4, 0.5) is 13.2 Å². The summed E-state index contributed by atoms with van der Waals surface area (Å²) < 4.78 is 38.7. The van der Waals surface area contributed by atoms with Crippen LogP contribution < -0.4 is 5.56 Å². The van der Waals surface area contributed by atoms with Gasteiger partial charge in [0.05, 0.1) is 23.0 Å². The van der Waals surface area contributed by atoms with Gasteiger partial charge in [-0.25, -0.2) is 4.98 Å². The molecule has 158 valence electrons. The summed E-state index contributed by atoms with van der Waals surface area (Å²) in [4.78, 5) is 23.9. The molecule has 1 saturated heterocycles. The highest BCUT2D eigenvalue weighted by molar-refractivity contribution is 6.31. The van der Waals surface area contributed by atoms with Crippen LogP contribution in [-0.4, -0.2) is 45.9 Å². The van der Waals surface area contributed by atoms with Crippen LogP contribution in [0.3, 0.4) is 0 Å². The first-order chi connectivity index (χ1) is 14.3. The van der Waals surface area contributed by atoms with E-state index in [-0.39, 0.29) is 5.56 Å². The summed E-state index contributed by atoms with van der Waals surface area (Å²) in [5.41, 5.74) is 0.389. The van der Waals surface area contributed by atoms with Crippen molar-refractivity contribution in [3.05, 3.63) is 74.8 Å². The molecule has 0 unspecified atom stereocenters. The van der Waals surface area contributed by atoms with Gasteiger partial charge in [0.15, 0.2) is 0 Å². The molecule has 0 bridgehead atoms. The zero-order valence-corrected chi connectivity index (χ0v) is 16.8. The molecule has 0 atom stereocenters. The Balaban J connectivity index is 1.37. The van der Waals surface area contributed by atoms with Gasteiger partial charge in [0.1, 0.15) is 5.82 Å². The van der Waals surface area contributed by atoms with Crippen molar-refractivity contribution < 1.29 is 13.2 Å². The second-order valence-corrected chi connectivity index (χ2v) is 7.86. The average Bonchev–Trinajstić information content (AvgIpc) is 2.69. The molecule has 2 aromatic carbocycles. The number of hydrogen-bond acceptors (Lipinski definition) is 4. The number of nitrogens with zero attached hydrogens (tertiary/aromatic N) is 3. The largest absolute Gasteiger partial charge is 0.416 e. The summed E-state index contributed by atoms with van der Waals surface area (Å²) in [6.45, 7) is 3.88. The van der Waals surface area contributed by atoms with Gasteiger partial charge in [0.2, 0.25) is 0 Å². The molecule has 5 nitrogen and oxygen atoms in total. The fraction of sp³-hybridized carbons (Fsp3) is 0.333. The van der Waals surface area contributed by atoms with Crippen molar-refractivity contribution >= 4 is 22.5 Å². The van der Waals surface area contributed by atoms with E-state index in [0.29, 0.717) is 40.4 Å². The third-order valence-electron chi connectivity index (χ3n) is 5.22. The third kappa shape index (κ3) is 4.83. The van der Waals surface area contributed by atoms with E-state index in [9.17, 15) is 18.0 Å². The smallest absolute Gasteiger partial charge is 0.309 e. The number of benzene rings is 2. The van der Waals surface area contributed by atoms with Gasteiger partial charge in [-0.3, -0.25) is 14.6 Å². The van der Waals surface area contributed by atoms with Gasteiger partial charge in [-0.05, 0) is 29.8 Å². The Morgan fingerprint density at radius 3 is 2.40 bits per heavy atom. The molecule has 4 rings (SSSR count). The van der Waals surface area contributed by atoms with Gasteiger partial charge in [-0.1, -0.05) is 29.8 Å². The summed E-state index contributed by atoms with van der Waals surface area (Å²) in [6.07, 6.45) is -4.33. The molecule has 30 heavy (non-hydrogen) atoms. The van der Waals surface area contributed by atoms with E-state index in [2.05, 4.69) is 19.8 Å². The zero-order valence-electron chi connectivity index (χ0n) is 16.0. The Labute approximate surface area is 176 Å². The fourth-order valence-corrected chi connectivity index (χ4v) is 3.82. The molecule has 1 aliphatic rings. The Morgan fingerprint density at radius 1 is 1.00 bits per heavy atom. The van der Waals surface area contributed by atoms with Crippen LogP contribution >= 0.6 is 11.6 Å². The minimum atomic E-state index is -4.33. The summed E-state index contributed by atoms with van der Waals surface area (Å²) >= 11 is 6.00. The molecule has 0 spiro atoms. The highest BCUT2D eigenvalue weighted by Crippen LogP contribution is 2.29. The molecule has 1 fully saturated rings. The van der Waals surface area contributed by atoms with Crippen molar-refractivity contribution in [1.29, 1.82) is 0 Å². The lowest BCUT2D eigenvalue weighted by atomic mass is 10.1. The molecular weight excluding hydrogens is 417 g/mol. The molecule has 0 radical (unpaired) electrons. The summed E-state index contributed by atoms with van der Waals surface area (Å²) in [7, 11) is 0. The van der Waals surface area contributed by atoms with Crippen LogP contribution in [0.25, 0.3) is 10.9 Å². The lowest BCUT2D eigenvalue weighted by Gasteiger charge is -2.34. The zero-order chi connectivity index (χ0) is 21.3. The first-order valence-corrected chi connectivity index (χ1v) is 9.95. The fourth-order valence-electron chi connectivity index (χ4n) is 3.66. The standard InChI is InChI=1S/C21H20ClF3N4O/c22-16-4-5-17-18(11-16)26-19(27-20(17)30)13-29-8-6-28(7-9-29)12-14-2-1-3-15(10-14)21(23,24)25/h1-5,10-11H,6-9,12-13H2,(H,26,27,30). The minimum Gasteiger partial charge on any atom is -0.309 e. The predicted molar refractivity (Wildman–Crippen MR) is 109 cm³/mol. The van der Waals surface area contributed by atoms with Crippen LogP contribution in [0.5, 0.6) is 0 Å². The number of aromatic amines is 1. The predicted octanol–water partition coefficient (Wildman–Crippen LogP) is 3.91. The van der Waals surface area contributed by atoms with Gasteiger partial charge in [0, 0.05) is 37.7 Å². The van der Waals surface area contributed by atoms with Gasteiger partial charge >= 0.3 is 6.18 Å². The van der Waals surface area contributed by atoms with E-state index in [4.69, 9.17) is 11.6 Å². The summed E-state index contributed by atoms with van der Waals surface area (Å²) in [5.74, 6) is 0.570. The van der Waals surface area contributed by atoms with E-state index >= 15 is 0 Å². The van der Waals surface area contributed by atoms with Crippen molar-refractivity contribution in [2.45, 2.75) is 19.3 Å². The number of piperazine rings is 1. The number of halogens is 4. The Morgan fingerprint density at radius 2 is 1.70 bits per heavy atom. The average molecular weight is 437 g/mol. The lowest BCUT2D eigenvalue weighted by Crippen LogP contribution is -2.45. The molecule has 1 N–H and O–H groups in total. The number of H-pyrrole nitrogens is 1. The second kappa shape index (κ2) is 8.37. The normalized spacial score (nSPS) is 16.3. The van der Waals surface area contributed by atoms with Crippen LogP contribution in [0.15, 0.2) is 47.3 Å². The Kier molecular flexibility index (Phi) is 5.81. The van der Waals surface area contributed by atoms with Crippen LogP contribution in [0.2, 0.25) is 5.02 Å².